The SMILES string of the molecule is CCOP(=O)(CC(C)C(=O)OCCn1c(=O)n(CCOC(=O)C(C)CP(=O)(OCC)OCC)c(=O)n(CCOC(=O)C(C)CP(=O)(OCC)OCC)c1=O)OCC. The second-order valence-electron chi connectivity index (χ2n) is 12.4. The fourth-order valence-electron chi connectivity index (χ4n) is 5.23. The Bertz CT molecular complexity index is 1520. The van der Waals surface area contributed by atoms with Crippen LogP contribution >= 0.6 is 22.8 Å². The molecule has 0 saturated carbocycles. The van der Waals surface area contributed by atoms with E-state index in [4.69, 9.17) is 41.4 Å². The van der Waals surface area contributed by atoms with Gasteiger partial charge in [-0.25, -0.2) is 28.1 Å². The summed E-state index contributed by atoms with van der Waals surface area (Å²) in [5.74, 6) is -5.35. The van der Waals surface area contributed by atoms with Crippen LogP contribution in [0.1, 0.15) is 62.3 Å². The first kappa shape index (κ1) is 52.3. The number of hydrogen-bond acceptors (Lipinski definition) is 18. The summed E-state index contributed by atoms with van der Waals surface area (Å²) in [6.07, 6.45) is -0.865. The minimum atomic E-state index is -3.61. The molecule has 1 rings (SSSR count). The Kier molecular flexibility index (Phi) is 23.6. The fourth-order valence-corrected chi connectivity index (χ4v) is 10.9. The van der Waals surface area contributed by atoms with Gasteiger partial charge in [0.05, 0.1) is 95.5 Å². The molecule has 330 valence electrons. The van der Waals surface area contributed by atoms with E-state index in [-0.39, 0.29) is 58.1 Å². The van der Waals surface area contributed by atoms with Crippen molar-refractivity contribution in [3.8, 4) is 0 Å². The predicted octanol–water partition coefficient (Wildman–Crippen LogP) is 3.51. The molecule has 1 aromatic heterocycles. The van der Waals surface area contributed by atoms with E-state index >= 15 is 0 Å². The van der Waals surface area contributed by atoms with Crippen LogP contribution in [0.2, 0.25) is 0 Å². The van der Waals surface area contributed by atoms with Crippen LogP contribution in [0.15, 0.2) is 14.4 Å². The standard InChI is InChI=1S/C33H60N3O18P3/c1-10-49-55(43,50-11-2)22-25(7)28(37)46-19-16-34-31(40)35(17-20-47-29(38)26(8)23-56(44,51-12-3)52-13-4)33(42)36(32(34)41)18-21-48-30(39)27(9)24-57(45,53-14-5)54-15-6/h25-27H,10-24H2,1-9H3. The smallest absolute Gasteiger partial charge is 0.336 e. The number of rotatable bonds is 30. The molecule has 0 bridgehead atoms. The van der Waals surface area contributed by atoms with Crippen molar-refractivity contribution in [2.45, 2.75) is 81.9 Å². The Morgan fingerprint density at radius 2 is 0.632 bits per heavy atom. The van der Waals surface area contributed by atoms with Gasteiger partial charge in [0.1, 0.15) is 19.8 Å². The van der Waals surface area contributed by atoms with Crippen LogP contribution in [-0.4, -0.2) is 110 Å². The largest absolute Gasteiger partial charge is 0.464 e. The van der Waals surface area contributed by atoms with Gasteiger partial charge in [-0.15, -0.1) is 0 Å². The summed E-state index contributed by atoms with van der Waals surface area (Å²) in [7, 11) is -10.8. The molecule has 0 aliphatic carbocycles. The predicted molar refractivity (Wildman–Crippen MR) is 207 cm³/mol. The molecule has 0 aliphatic rings. The normalized spacial score (nSPS) is 13.8. The lowest BCUT2D eigenvalue weighted by Crippen LogP contribution is -2.55. The van der Waals surface area contributed by atoms with Crippen LogP contribution in [-0.2, 0) is 89.1 Å². The highest BCUT2D eigenvalue weighted by molar-refractivity contribution is 7.54. The number of nitrogens with zero attached hydrogens (tertiary/aromatic N) is 3. The molecule has 0 aromatic carbocycles. The summed E-state index contributed by atoms with van der Waals surface area (Å²) in [5.41, 5.74) is -3.38. The number of aromatic nitrogens is 3. The van der Waals surface area contributed by atoms with Gasteiger partial charge in [0.25, 0.3) is 0 Å². The molecule has 0 N–H and O–H groups in total. The Hall–Kier alpha value is -2.73. The van der Waals surface area contributed by atoms with Crippen molar-refractivity contribution < 1.29 is 69.4 Å². The minimum absolute atomic E-state index is 0.0776. The summed E-state index contributed by atoms with van der Waals surface area (Å²) in [6.45, 7) is 11.3. The molecule has 1 aromatic rings. The van der Waals surface area contributed by atoms with Crippen LogP contribution in [0.25, 0.3) is 0 Å². The van der Waals surface area contributed by atoms with Gasteiger partial charge in [0, 0.05) is 0 Å². The quantitative estimate of drug-likeness (QED) is 0.0609. The average molecular weight is 880 g/mol. The summed E-state index contributed by atoms with van der Waals surface area (Å²) in [4.78, 5) is 78.9. The lowest BCUT2D eigenvalue weighted by Gasteiger charge is -2.20. The van der Waals surface area contributed by atoms with E-state index in [9.17, 15) is 42.5 Å². The average Bonchev–Trinajstić information content (AvgIpc) is 3.12. The molecule has 0 fully saturated rings. The first-order valence-corrected chi connectivity index (χ1v) is 24.1. The lowest BCUT2D eigenvalue weighted by atomic mass is 10.2. The van der Waals surface area contributed by atoms with Crippen LogP contribution in [0.4, 0.5) is 0 Å². The van der Waals surface area contributed by atoms with Gasteiger partial charge in [-0.1, -0.05) is 20.8 Å². The Balaban J connectivity index is 3.31. The molecule has 0 saturated heterocycles. The molecular weight excluding hydrogens is 819 g/mol. The molecule has 24 heteroatoms. The van der Waals surface area contributed by atoms with Gasteiger partial charge in [-0.05, 0) is 41.5 Å². The first-order valence-electron chi connectivity index (χ1n) is 18.9. The van der Waals surface area contributed by atoms with Gasteiger partial charge in [0.15, 0.2) is 0 Å². The van der Waals surface area contributed by atoms with Crippen LogP contribution < -0.4 is 17.1 Å². The minimum Gasteiger partial charge on any atom is -0.464 e. The number of carbonyl (C=O) groups is 3. The maximum Gasteiger partial charge on any atom is 0.336 e. The van der Waals surface area contributed by atoms with Crippen molar-refractivity contribution in [3.05, 3.63) is 31.5 Å². The zero-order chi connectivity index (χ0) is 43.4. The van der Waals surface area contributed by atoms with Gasteiger partial charge in [-0.2, -0.15) is 0 Å². The van der Waals surface area contributed by atoms with Crippen molar-refractivity contribution in [1.82, 2.24) is 13.7 Å². The lowest BCUT2D eigenvalue weighted by molar-refractivity contribution is -0.148. The van der Waals surface area contributed by atoms with Crippen molar-refractivity contribution in [1.29, 1.82) is 0 Å². The highest BCUT2D eigenvalue weighted by atomic mass is 31.2. The second-order valence-corrected chi connectivity index (χ2v) is 18.7. The number of esters is 3. The molecule has 0 aliphatic heterocycles. The number of ether oxygens (including phenoxy) is 3. The summed E-state index contributed by atoms with van der Waals surface area (Å²) in [5, 5.41) is 0. The summed E-state index contributed by atoms with van der Waals surface area (Å²) < 4.78 is 87.7. The van der Waals surface area contributed by atoms with Gasteiger partial charge < -0.3 is 41.4 Å². The molecule has 3 atom stereocenters. The van der Waals surface area contributed by atoms with Crippen molar-refractivity contribution >= 4 is 40.7 Å². The van der Waals surface area contributed by atoms with E-state index < -0.39 is 115 Å². The van der Waals surface area contributed by atoms with Crippen LogP contribution in [0, 0.1) is 17.8 Å². The van der Waals surface area contributed by atoms with Crippen molar-refractivity contribution in [2.24, 2.45) is 17.8 Å². The summed E-state index contributed by atoms with van der Waals surface area (Å²) in [6, 6.07) is 0. The number of carbonyl (C=O) groups excluding carboxylic acids is 3. The third-order valence-electron chi connectivity index (χ3n) is 7.72. The monoisotopic (exact) mass is 879 g/mol. The molecular formula is C33H60N3O18P3. The zero-order valence-corrected chi connectivity index (χ0v) is 37.1. The zero-order valence-electron chi connectivity index (χ0n) is 34.4. The van der Waals surface area contributed by atoms with Crippen molar-refractivity contribution in [3.63, 3.8) is 0 Å². The summed E-state index contributed by atoms with van der Waals surface area (Å²) >= 11 is 0. The topological polar surface area (TPSA) is 251 Å². The first-order chi connectivity index (χ1) is 26.8. The molecule has 21 nitrogen and oxygen atoms in total. The maximum atomic E-state index is 13.5. The molecule has 57 heavy (non-hydrogen) atoms. The van der Waals surface area contributed by atoms with E-state index in [0.717, 1.165) is 0 Å². The van der Waals surface area contributed by atoms with E-state index in [1.165, 1.54) is 20.8 Å². The molecule has 0 amide bonds. The van der Waals surface area contributed by atoms with E-state index in [2.05, 4.69) is 0 Å². The number of hydrogen-bond donors (Lipinski definition) is 0. The Labute approximate surface area is 332 Å². The van der Waals surface area contributed by atoms with Crippen LogP contribution in [0.3, 0.4) is 0 Å². The Morgan fingerprint density at radius 1 is 0.439 bits per heavy atom. The van der Waals surface area contributed by atoms with Gasteiger partial charge >= 0.3 is 57.8 Å². The van der Waals surface area contributed by atoms with E-state index in [0.29, 0.717) is 13.7 Å². The maximum absolute atomic E-state index is 13.5. The van der Waals surface area contributed by atoms with Crippen molar-refractivity contribution in [2.75, 3.05) is 77.9 Å². The third kappa shape index (κ3) is 17.2. The highest BCUT2D eigenvalue weighted by Crippen LogP contribution is 2.51. The van der Waals surface area contributed by atoms with Gasteiger partial charge in [0.2, 0.25) is 0 Å². The Morgan fingerprint density at radius 3 is 0.807 bits per heavy atom. The van der Waals surface area contributed by atoms with Gasteiger partial charge in [-0.3, -0.25) is 28.1 Å². The third-order valence-corrected chi connectivity index (χ3v) is 14.6. The van der Waals surface area contributed by atoms with Crippen LogP contribution in [0.5, 0.6) is 0 Å². The molecule has 1 heterocycles. The molecule has 3 unspecified atom stereocenters. The fraction of sp³-hybridized carbons (Fsp3) is 0.818. The highest BCUT2D eigenvalue weighted by Gasteiger charge is 2.33. The molecule has 0 spiro atoms. The van der Waals surface area contributed by atoms with E-state index in [1.54, 1.807) is 41.5 Å². The molecule has 0 radical (unpaired) electrons. The van der Waals surface area contributed by atoms with E-state index in [1.807, 2.05) is 0 Å². The second kappa shape index (κ2) is 25.7.